The Balaban J connectivity index is 1.64. The summed E-state index contributed by atoms with van der Waals surface area (Å²) in [4.78, 5) is 6.68. The second kappa shape index (κ2) is 11.1. The molecule has 3 N–H and O–H groups in total. The summed E-state index contributed by atoms with van der Waals surface area (Å²) in [7, 11) is 0. The highest BCUT2D eigenvalue weighted by atomic mass is 19.1. The number of aliphatic hydroxyl groups excluding tert-OH is 1. The van der Waals surface area contributed by atoms with Crippen LogP contribution in [0.25, 0.3) is 0 Å². The van der Waals surface area contributed by atoms with Gasteiger partial charge in [-0.3, -0.25) is 0 Å². The SMILES string of the molecule is CCNC(=NCc1ccc(N2CCC(O)CC2)c(F)c1)NC(C)C(C)c1ccccc1. The third kappa shape index (κ3) is 6.44. The van der Waals surface area contributed by atoms with Gasteiger partial charge in [0.2, 0.25) is 0 Å². The van der Waals surface area contributed by atoms with Gasteiger partial charge in [0.1, 0.15) is 5.82 Å². The fraction of sp³-hybridized carbons (Fsp3) is 0.480. The molecule has 2 aromatic rings. The van der Waals surface area contributed by atoms with Gasteiger partial charge in [0, 0.05) is 31.6 Å². The van der Waals surface area contributed by atoms with E-state index in [-0.39, 0.29) is 18.0 Å². The summed E-state index contributed by atoms with van der Waals surface area (Å²) in [5.74, 6) is 0.824. The van der Waals surface area contributed by atoms with Gasteiger partial charge < -0.3 is 20.6 Å². The molecule has 0 aliphatic carbocycles. The summed E-state index contributed by atoms with van der Waals surface area (Å²) in [5, 5.41) is 16.4. The molecule has 0 radical (unpaired) electrons. The molecule has 3 rings (SSSR count). The molecule has 0 spiro atoms. The van der Waals surface area contributed by atoms with Crippen molar-refractivity contribution in [3.8, 4) is 0 Å². The number of benzene rings is 2. The Hall–Kier alpha value is -2.60. The first kappa shape index (κ1) is 23.1. The number of anilines is 1. The Labute approximate surface area is 185 Å². The second-order valence-corrected chi connectivity index (χ2v) is 8.33. The fourth-order valence-electron chi connectivity index (χ4n) is 3.89. The van der Waals surface area contributed by atoms with Crippen molar-refractivity contribution in [3.05, 3.63) is 65.5 Å². The predicted molar refractivity (Wildman–Crippen MR) is 126 cm³/mol. The van der Waals surface area contributed by atoms with E-state index >= 15 is 0 Å². The van der Waals surface area contributed by atoms with Gasteiger partial charge in [-0.2, -0.15) is 0 Å². The molecule has 0 amide bonds. The maximum absolute atomic E-state index is 14.7. The van der Waals surface area contributed by atoms with Gasteiger partial charge in [-0.15, -0.1) is 0 Å². The van der Waals surface area contributed by atoms with E-state index in [1.54, 1.807) is 6.07 Å². The lowest BCUT2D eigenvalue weighted by Crippen LogP contribution is -2.44. The average molecular weight is 427 g/mol. The zero-order valence-electron chi connectivity index (χ0n) is 18.8. The Bertz CT molecular complexity index is 850. The zero-order valence-corrected chi connectivity index (χ0v) is 18.8. The first-order chi connectivity index (χ1) is 15.0. The third-order valence-electron chi connectivity index (χ3n) is 6.02. The Morgan fingerprint density at radius 2 is 1.87 bits per heavy atom. The van der Waals surface area contributed by atoms with E-state index in [4.69, 9.17) is 0 Å². The van der Waals surface area contributed by atoms with Crippen LogP contribution in [-0.2, 0) is 6.54 Å². The minimum absolute atomic E-state index is 0.189. The molecule has 6 heteroatoms. The summed E-state index contributed by atoms with van der Waals surface area (Å²) in [6, 6.07) is 16.0. The molecule has 2 aromatic carbocycles. The van der Waals surface area contributed by atoms with Gasteiger partial charge in [-0.1, -0.05) is 43.3 Å². The number of nitrogens with one attached hydrogen (secondary N) is 2. The van der Waals surface area contributed by atoms with Crippen LogP contribution in [0, 0.1) is 5.82 Å². The van der Waals surface area contributed by atoms with E-state index in [2.05, 4.69) is 53.7 Å². The van der Waals surface area contributed by atoms with Crippen molar-refractivity contribution in [1.29, 1.82) is 0 Å². The number of aliphatic hydroxyl groups is 1. The summed E-state index contributed by atoms with van der Waals surface area (Å²) in [6.07, 6.45) is 1.10. The lowest BCUT2D eigenvalue weighted by Gasteiger charge is -2.31. The fourth-order valence-corrected chi connectivity index (χ4v) is 3.89. The van der Waals surface area contributed by atoms with Gasteiger partial charge in [0.25, 0.3) is 0 Å². The number of piperidine rings is 1. The van der Waals surface area contributed by atoms with Crippen LogP contribution in [0.3, 0.4) is 0 Å². The van der Waals surface area contributed by atoms with Crippen LogP contribution in [0.15, 0.2) is 53.5 Å². The van der Waals surface area contributed by atoms with Crippen LogP contribution in [0.4, 0.5) is 10.1 Å². The number of nitrogens with zero attached hydrogens (tertiary/aromatic N) is 2. The molecule has 0 bridgehead atoms. The van der Waals surface area contributed by atoms with Crippen LogP contribution in [-0.4, -0.2) is 42.8 Å². The van der Waals surface area contributed by atoms with Gasteiger partial charge >= 0.3 is 0 Å². The molecule has 1 saturated heterocycles. The maximum atomic E-state index is 14.7. The van der Waals surface area contributed by atoms with Crippen LogP contribution in [0.1, 0.15) is 50.7 Å². The summed E-state index contributed by atoms with van der Waals surface area (Å²) in [6.45, 7) is 8.90. The number of guanidine groups is 1. The quantitative estimate of drug-likeness (QED) is 0.462. The van der Waals surface area contributed by atoms with Crippen molar-refractivity contribution in [3.63, 3.8) is 0 Å². The number of aliphatic imine (C=N–C) groups is 1. The topological polar surface area (TPSA) is 59.9 Å². The van der Waals surface area contributed by atoms with Gasteiger partial charge in [0.15, 0.2) is 5.96 Å². The van der Waals surface area contributed by atoms with Crippen molar-refractivity contribution < 1.29 is 9.50 Å². The van der Waals surface area contributed by atoms with Gasteiger partial charge in [-0.05, 0) is 49.9 Å². The maximum Gasteiger partial charge on any atom is 0.191 e. The van der Waals surface area contributed by atoms with Crippen LogP contribution in [0.2, 0.25) is 0 Å². The van der Waals surface area contributed by atoms with E-state index in [0.717, 1.165) is 18.1 Å². The van der Waals surface area contributed by atoms with Crippen molar-refractivity contribution in [2.75, 3.05) is 24.5 Å². The molecule has 0 saturated carbocycles. The minimum Gasteiger partial charge on any atom is -0.393 e. The zero-order chi connectivity index (χ0) is 22.2. The highest BCUT2D eigenvalue weighted by Crippen LogP contribution is 2.24. The Kier molecular flexibility index (Phi) is 8.29. The molecule has 0 aromatic heterocycles. The van der Waals surface area contributed by atoms with E-state index in [9.17, 15) is 9.50 Å². The molecular formula is C25H35FN4O. The van der Waals surface area contributed by atoms with E-state index in [1.807, 2.05) is 30.0 Å². The third-order valence-corrected chi connectivity index (χ3v) is 6.02. The number of hydrogen-bond donors (Lipinski definition) is 3. The monoisotopic (exact) mass is 426 g/mol. The van der Waals surface area contributed by atoms with Crippen LogP contribution >= 0.6 is 0 Å². The molecule has 31 heavy (non-hydrogen) atoms. The van der Waals surface area contributed by atoms with Crippen LogP contribution < -0.4 is 15.5 Å². The highest BCUT2D eigenvalue weighted by molar-refractivity contribution is 5.80. The number of rotatable bonds is 7. The van der Waals surface area contributed by atoms with E-state index in [0.29, 0.717) is 44.1 Å². The summed E-state index contributed by atoms with van der Waals surface area (Å²) < 4.78 is 14.7. The van der Waals surface area contributed by atoms with Gasteiger partial charge in [0.05, 0.1) is 18.3 Å². The molecule has 168 valence electrons. The highest BCUT2D eigenvalue weighted by Gasteiger charge is 2.20. The summed E-state index contributed by atoms with van der Waals surface area (Å²) in [5.41, 5.74) is 2.72. The molecule has 1 aliphatic heterocycles. The molecule has 5 nitrogen and oxygen atoms in total. The largest absolute Gasteiger partial charge is 0.393 e. The number of halogens is 1. The van der Waals surface area contributed by atoms with E-state index < -0.39 is 0 Å². The molecule has 2 unspecified atom stereocenters. The minimum atomic E-state index is -0.267. The van der Waals surface area contributed by atoms with Crippen molar-refractivity contribution in [2.24, 2.45) is 4.99 Å². The van der Waals surface area contributed by atoms with Crippen molar-refractivity contribution in [2.45, 2.75) is 58.2 Å². The predicted octanol–water partition coefficient (Wildman–Crippen LogP) is 4.03. The molecule has 1 fully saturated rings. The summed E-state index contributed by atoms with van der Waals surface area (Å²) >= 11 is 0. The molecule has 1 aliphatic rings. The van der Waals surface area contributed by atoms with Gasteiger partial charge in [-0.25, -0.2) is 9.38 Å². The smallest absolute Gasteiger partial charge is 0.191 e. The van der Waals surface area contributed by atoms with Crippen LogP contribution in [0.5, 0.6) is 0 Å². The van der Waals surface area contributed by atoms with Crippen molar-refractivity contribution in [1.82, 2.24) is 10.6 Å². The standard InChI is InChI=1S/C25H35FN4O/c1-4-27-25(29-19(3)18(2)21-8-6-5-7-9-21)28-17-20-10-11-24(23(26)16-20)30-14-12-22(31)13-15-30/h5-11,16,18-19,22,31H,4,12-15,17H2,1-3H3,(H2,27,28,29). The normalized spacial score (nSPS) is 17.3. The lowest BCUT2D eigenvalue weighted by molar-refractivity contribution is 0.145. The van der Waals surface area contributed by atoms with Crippen molar-refractivity contribution >= 4 is 11.6 Å². The molecule has 2 atom stereocenters. The molecular weight excluding hydrogens is 391 g/mol. The first-order valence-electron chi connectivity index (χ1n) is 11.3. The number of hydrogen-bond acceptors (Lipinski definition) is 3. The lowest BCUT2D eigenvalue weighted by atomic mass is 9.94. The first-order valence-corrected chi connectivity index (χ1v) is 11.3. The second-order valence-electron chi connectivity index (χ2n) is 8.33. The van der Waals surface area contributed by atoms with E-state index in [1.165, 1.54) is 5.56 Å². The average Bonchev–Trinajstić information content (AvgIpc) is 2.78. The Morgan fingerprint density at radius 1 is 1.16 bits per heavy atom. The Morgan fingerprint density at radius 3 is 2.52 bits per heavy atom. The molecule has 1 heterocycles.